The van der Waals surface area contributed by atoms with Gasteiger partial charge in [-0.15, -0.1) is 11.8 Å². The Balaban J connectivity index is 2.05. The van der Waals surface area contributed by atoms with Gasteiger partial charge in [0.2, 0.25) is 0 Å². The maximum atomic E-state index is 12.2. The number of Topliss-reactive ketones (excluding diaryl/α,β-unsaturated/α-hetero) is 1. The Kier molecular flexibility index (Phi) is 4.07. The van der Waals surface area contributed by atoms with Crippen LogP contribution in [0.25, 0.3) is 0 Å². The zero-order valence-electron chi connectivity index (χ0n) is 10.3. The Morgan fingerprint density at radius 1 is 1.17 bits per heavy atom. The molecule has 1 aromatic rings. The third-order valence-corrected chi connectivity index (χ3v) is 4.27. The molecule has 1 aromatic carbocycles. The monoisotopic (exact) mass is 264 g/mol. The molecule has 0 radical (unpaired) electrons. The summed E-state index contributed by atoms with van der Waals surface area (Å²) in [5, 5.41) is 8.94. The van der Waals surface area contributed by atoms with Gasteiger partial charge in [-0.25, -0.2) is 0 Å². The summed E-state index contributed by atoms with van der Waals surface area (Å²) < 4.78 is 0. The van der Waals surface area contributed by atoms with Gasteiger partial charge in [0.1, 0.15) is 0 Å². The molecule has 0 spiro atoms. The predicted molar refractivity (Wildman–Crippen MR) is 71.0 cm³/mol. The summed E-state index contributed by atoms with van der Waals surface area (Å²) in [7, 11) is 0. The summed E-state index contributed by atoms with van der Waals surface area (Å²) in [6, 6.07) is 7.54. The van der Waals surface area contributed by atoms with Gasteiger partial charge in [-0.1, -0.05) is 12.1 Å². The molecule has 1 aliphatic rings. The minimum absolute atomic E-state index is 0.0893. The van der Waals surface area contributed by atoms with E-state index < -0.39 is 5.97 Å². The predicted octanol–water partition coefficient (Wildman–Crippen LogP) is 3.09. The zero-order chi connectivity index (χ0) is 13.1. The van der Waals surface area contributed by atoms with E-state index in [1.807, 2.05) is 30.5 Å². The quantitative estimate of drug-likeness (QED) is 0.670. The van der Waals surface area contributed by atoms with Gasteiger partial charge in [0, 0.05) is 16.4 Å². The number of aliphatic carboxylic acids is 1. The molecule has 0 saturated heterocycles. The third-order valence-electron chi connectivity index (χ3n) is 3.53. The average Bonchev–Trinajstić information content (AvgIpc) is 2.88. The van der Waals surface area contributed by atoms with Crippen LogP contribution in [0.3, 0.4) is 0 Å². The van der Waals surface area contributed by atoms with E-state index in [1.165, 1.54) is 0 Å². The molecule has 4 heteroatoms. The Morgan fingerprint density at radius 2 is 1.78 bits per heavy atom. The minimum Gasteiger partial charge on any atom is -0.481 e. The molecule has 1 saturated carbocycles. The highest BCUT2D eigenvalue weighted by Gasteiger charge is 2.34. The molecule has 1 N–H and O–H groups in total. The average molecular weight is 264 g/mol. The molecule has 2 atom stereocenters. The van der Waals surface area contributed by atoms with Crippen molar-refractivity contribution in [3.05, 3.63) is 29.8 Å². The van der Waals surface area contributed by atoms with Gasteiger partial charge < -0.3 is 5.11 Å². The van der Waals surface area contributed by atoms with Crippen molar-refractivity contribution in [1.29, 1.82) is 0 Å². The van der Waals surface area contributed by atoms with E-state index in [1.54, 1.807) is 11.8 Å². The molecule has 3 nitrogen and oxygen atoms in total. The Morgan fingerprint density at radius 3 is 2.28 bits per heavy atom. The van der Waals surface area contributed by atoms with Gasteiger partial charge in [-0.3, -0.25) is 9.59 Å². The van der Waals surface area contributed by atoms with Crippen molar-refractivity contribution in [2.24, 2.45) is 11.8 Å². The molecule has 0 heterocycles. The summed E-state index contributed by atoms with van der Waals surface area (Å²) in [6.07, 6.45) is 3.79. The van der Waals surface area contributed by atoms with Gasteiger partial charge in [-0.05, 0) is 37.7 Å². The molecular formula is C14H16O3S. The second-order valence-corrected chi connectivity index (χ2v) is 5.52. The summed E-state index contributed by atoms with van der Waals surface area (Å²) >= 11 is 1.64. The molecule has 18 heavy (non-hydrogen) atoms. The summed E-state index contributed by atoms with van der Waals surface area (Å²) in [4.78, 5) is 24.2. The van der Waals surface area contributed by atoms with Crippen LogP contribution < -0.4 is 0 Å². The molecule has 1 fully saturated rings. The number of hydrogen-bond acceptors (Lipinski definition) is 3. The Hall–Kier alpha value is -1.29. The van der Waals surface area contributed by atoms with Gasteiger partial charge in [-0.2, -0.15) is 0 Å². The van der Waals surface area contributed by atoms with Crippen LogP contribution in [-0.2, 0) is 4.79 Å². The fourth-order valence-electron chi connectivity index (χ4n) is 2.43. The Labute approximate surface area is 111 Å². The molecule has 1 aliphatic carbocycles. The standard InChI is InChI=1S/C14H16O3S/c1-18-12-6-4-9(5-7-12)13(15)10-2-3-11(8-10)14(16)17/h4-7,10-11H,2-3,8H2,1H3,(H,16,17). The topological polar surface area (TPSA) is 54.4 Å². The van der Waals surface area contributed by atoms with E-state index in [0.717, 1.165) is 4.90 Å². The van der Waals surface area contributed by atoms with Crippen molar-refractivity contribution < 1.29 is 14.7 Å². The van der Waals surface area contributed by atoms with E-state index >= 15 is 0 Å². The number of benzene rings is 1. The molecule has 96 valence electrons. The van der Waals surface area contributed by atoms with E-state index in [2.05, 4.69) is 0 Å². The molecule has 0 aromatic heterocycles. The first kappa shape index (κ1) is 13.1. The first-order valence-corrected chi connectivity index (χ1v) is 7.25. The van der Waals surface area contributed by atoms with Crippen LogP contribution in [0.5, 0.6) is 0 Å². The van der Waals surface area contributed by atoms with Crippen molar-refractivity contribution in [2.75, 3.05) is 6.26 Å². The lowest BCUT2D eigenvalue weighted by Gasteiger charge is -2.08. The van der Waals surface area contributed by atoms with Gasteiger partial charge in [0.05, 0.1) is 5.92 Å². The highest BCUT2D eigenvalue weighted by molar-refractivity contribution is 7.98. The number of carbonyl (C=O) groups is 2. The fraction of sp³-hybridized carbons (Fsp3) is 0.429. The number of thioether (sulfide) groups is 1. The van der Waals surface area contributed by atoms with Gasteiger partial charge in [0.25, 0.3) is 0 Å². The molecule has 0 bridgehead atoms. The smallest absolute Gasteiger partial charge is 0.306 e. The van der Waals surface area contributed by atoms with Crippen molar-refractivity contribution >= 4 is 23.5 Å². The number of rotatable bonds is 4. The van der Waals surface area contributed by atoms with Gasteiger partial charge in [0.15, 0.2) is 5.78 Å². The van der Waals surface area contributed by atoms with Crippen molar-refractivity contribution in [2.45, 2.75) is 24.2 Å². The summed E-state index contributed by atoms with van der Waals surface area (Å²) in [5.41, 5.74) is 0.698. The van der Waals surface area contributed by atoms with Crippen LogP contribution in [0.1, 0.15) is 29.6 Å². The lowest BCUT2D eigenvalue weighted by atomic mass is 9.95. The molecule has 2 rings (SSSR count). The van der Waals surface area contributed by atoms with E-state index in [4.69, 9.17) is 5.11 Å². The lowest BCUT2D eigenvalue weighted by Crippen LogP contribution is -2.14. The van der Waals surface area contributed by atoms with Gasteiger partial charge >= 0.3 is 5.97 Å². The normalized spacial score (nSPS) is 22.9. The molecule has 0 aliphatic heterocycles. The molecular weight excluding hydrogens is 248 g/mol. The maximum Gasteiger partial charge on any atom is 0.306 e. The van der Waals surface area contributed by atoms with Crippen LogP contribution in [-0.4, -0.2) is 23.1 Å². The van der Waals surface area contributed by atoms with Crippen molar-refractivity contribution in [1.82, 2.24) is 0 Å². The Bertz CT molecular complexity index is 453. The number of carboxylic acids is 1. The highest BCUT2D eigenvalue weighted by Crippen LogP contribution is 2.33. The van der Waals surface area contributed by atoms with Crippen LogP contribution >= 0.6 is 11.8 Å². The highest BCUT2D eigenvalue weighted by atomic mass is 32.2. The summed E-state index contributed by atoms with van der Waals surface area (Å²) in [5.74, 6) is -1.15. The number of carboxylic acid groups (broad SMARTS) is 1. The van der Waals surface area contributed by atoms with Crippen molar-refractivity contribution in [3.63, 3.8) is 0 Å². The lowest BCUT2D eigenvalue weighted by molar-refractivity contribution is -0.141. The second kappa shape index (κ2) is 5.57. The first-order chi connectivity index (χ1) is 8.61. The van der Waals surface area contributed by atoms with Crippen LogP contribution in [0.2, 0.25) is 0 Å². The summed E-state index contributed by atoms with van der Waals surface area (Å²) in [6.45, 7) is 0. The van der Waals surface area contributed by atoms with Crippen LogP contribution in [0.4, 0.5) is 0 Å². The van der Waals surface area contributed by atoms with Crippen LogP contribution in [0, 0.1) is 11.8 Å². The minimum atomic E-state index is -0.775. The van der Waals surface area contributed by atoms with E-state index in [0.29, 0.717) is 24.8 Å². The SMILES string of the molecule is CSc1ccc(C(=O)C2CCC(C(=O)O)C2)cc1. The zero-order valence-corrected chi connectivity index (χ0v) is 11.1. The number of ketones is 1. The number of carbonyl (C=O) groups excluding carboxylic acids is 1. The van der Waals surface area contributed by atoms with E-state index in [-0.39, 0.29) is 17.6 Å². The largest absolute Gasteiger partial charge is 0.481 e. The van der Waals surface area contributed by atoms with E-state index in [9.17, 15) is 9.59 Å². The second-order valence-electron chi connectivity index (χ2n) is 4.64. The third kappa shape index (κ3) is 2.75. The fourth-order valence-corrected chi connectivity index (χ4v) is 2.84. The molecule has 0 amide bonds. The van der Waals surface area contributed by atoms with Crippen LogP contribution in [0.15, 0.2) is 29.2 Å². The maximum absolute atomic E-state index is 12.2. The van der Waals surface area contributed by atoms with Crippen molar-refractivity contribution in [3.8, 4) is 0 Å². The first-order valence-electron chi connectivity index (χ1n) is 6.03. The molecule has 2 unspecified atom stereocenters. The number of hydrogen-bond donors (Lipinski definition) is 1.